The zero-order valence-corrected chi connectivity index (χ0v) is 28.7. The van der Waals surface area contributed by atoms with Crippen molar-refractivity contribution in [3.05, 3.63) is 74.9 Å². The van der Waals surface area contributed by atoms with E-state index in [-0.39, 0.29) is 0 Å². The molecule has 1 fully saturated rings. The smallest absolute Gasteiger partial charge is 0.211 e. The maximum Gasteiger partial charge on any atom is 0.211 e. The standard InChI is InChI=1S/C36H46ClN5O2S/c1-36(2,3)31-13-19-40(20-14-31)17-5-18-42-34-15-21-41(45(4,43)44)25-32(34)35(39-42)29-10-11-33(37)28(23-29)9-7-26-6-8-27-12-16-38-24-30(27)22-26/h6,8,10-11,22-23,31,38H,5,12-21,24-25H2,1-4H3. The van der Waals surface area contributed by atoms with Crippen LogP contribution < -0.4 is 5.32 Å². The number of hydrogen-bond acceptors (Lipinski definition) is 5. The molecule has 0 bridgehead atoms. The summed E-state index contributed by atoms with van der Waals surface area (Å²) >= 11 is 6.64. The minimum atomic E-state index is -3.32. The Balaban J connectivity index is 1.23. The molecule has 3 aliphatic heterocycles. The number of rotatable bonds is 6. The molecule has 9 heteroatoms. The highest BCUT2D eigenvalue weighted by Crippen LogP contribution is 2.35. The molecule has 0 unspecified atom stereocenters. The molecule has 45 heavy (non-hydrogen) atoms. The minimum Gasteiger partial charge on any atom is -0.312 e. The number of halogens is 1. The zero-order chi connectivity index (χ0) is 31.8. The topological polar surface area (TPSA) is 70.5 Å². The molecule has 0 saturated carbocycles. The van der Waals surface area contributed by atoms with Crippen LogP contribution in [0, 0.1) is 23.2 Å². The molecule has 1 saturated heterocycles. The molecule has 6 rings (SSSR count). The fourth-order valence-corrected chi connectivity index (χ4v) is 8.05. The SMILES string of the molecule is CC(C)(C)C1CCN(CCCn2nc(-c3ccc(Cl)c(C#Cc4ccc5c(c4)CNCC5)c3)c3c2CCN(S(C)(=O)=O)C3)CC1. The van der Waals surface area contributed by atoms with Gasteiger partial charge in [-0.1, -0.05) is 56.3 Å². The third-order valence-corrected chi connectivity index (χ3v) is 11.5. The number of fused-ring (bicyclic) bond motifs is 2. The summed E-state index contributed by atoms with van der Waals surface area (Å²) in [7, 11) is -3.32. The van der Waals surface area contributed by atoms with Crippen molar-refractivity contribution in [1.82, 2.24) is 24.3 Å². The lowest BCUT2D eigenvalue weighted by atomic mass is 9.75. The fourth-order valence-electron chi connectivity index (χ4n) is 7.10. The van der Waals surface area contributed by atoms with Gasteiger partial charge in [-0.15, -0.1) is 0 Å². The molecule has 1 N–H and O–H groups in total. The van der Waals surface area contributed by atoms with Gasteiger partial charge in [0.1, 0.15) is 0 Å². The number of hydrogen-bond donors (Lipinski definition) is 1. The van der Waals surface area contributed by atoms with Gasteiger partial charge in [-0.2, -0.15) is 9.40 Å². The van der Waals surface area contributed by atoms with E-state index in [1.165, 1.54) is 30.2 Å². The minimum absolute atomic E-state index is 0.330. The highest BCUT2D eigenvalue weighted by Gasteiger charge is 2.31. The average molecular weight is 648 g/mol. The van der Waals surface area contributed by atoms with Crippen molar-refractivity contribution in [2.45, 2.75) is 72.5 Å². The van der Waals surface area contributed by atoms with Crippen molar-refractivity contribution in [2.75, 3.05) is 39.0 Å². The van der Waals surface area contributed by atoms with Gasteiger partial charge < -0.3 is 10.2 Å². The first-order valence-corrected chi connectivity index (χ1v) is 18.6. The van der Waals surface area contributed by atoms with Gasteiger partial charge in [0.25, 0.3) is 0 Å². The van der Waals surface area contributed by atoms with Crippen molar-refractivity contribution in [3.8, 4) is 23.1 Å². The first-order valence-electron chi connectivity index (χ1n) is 16.4. The predicted octanol–water partition coefficient (Wildman–Crippen LogP) is 5.71. The lowest BCUT2D eigenvalue weighted by molar-refractivity contribution is 0.110. The van der Waals surface area contributed by atoms with Gasteiger partial charge in [0.15, 0.2) is 0 Å². The molecule has 4 heterocycles. The Bertz CT molecular complexity index is 1720. The molecule has 0 radical (unpaired) electrons. The van der Waals surface area contributed by atoms with Crippen LogP contribution in [-0.4, -0.2) is 66.4 Å². The van der Waals surface area contributed by atoms with Gasteiger partial charge in [0, 0.05) is 60.5 Å². The molecular weight excluding hydrogens is 602 g/mol. The van der Waals surface area contributed by atoms with E-state index in [0.717, 1.165) is 91.7 Å². The number of aromatic nitrogens is 2. The molecule has 0 spiro atoms. The Morgan fingerprint density at radius 1 is 1.00 bits per heavy atom. The molecule has 0 amide bonds. The van der Waals surface area contributed by atoms with Gasteiger partial charge >= 0.3 is 0 Å². The Labute approximate surface area is 274 Å². The van der Waals surface area contributed by atoms with E-state index in [1.54, 1.807) is 4.31 Å². The van der Waals surface area contributed by atoms with E-state index < -0.39 is 10.0 Å². The van der Waals surface area contributed by atoms with Crippen LogP contribution in [0.25, 0.3) is 11.3 Å². The Morgan fingerprint density at radius 2 is 1.80 bits per heavy atom. The second-order valence-electron chi connectivity index (χ2n) is 14.0. The summed E-state index contributed by atoms with van der Waals surface area (Å²) < 4.78 is 28.8. The van der Waals surface area contributed by atoms with Gasteiger partial charge in [0.05, 0.1) is 17.0 Å². The summed E-state index contributed by atoms with van der Waals surface area (Å²) in [4.78, 5) is 2.59. The maximum atomic E-state index is 12.5. The van der Waals surface area contributed by atoms with Crippen LogP contribution in [0.1, 0.15) is 73.5 Å². The number of nitrogens with one attached hydrogen (secondary N) is 1. The monoisotopic (exact) mass is 647 g/mol. The molecule has 1 aromatic heterocycles. The Hall–Kier alpha value is -2.67. The number of sulfonamides is 1. The van der Waals surface area contributed by atoms with E-state index >= 15 is 0 Å². The number of aryl methyl sites for hydroxylation is 1. The molecule has 2 aromatic carbocycles. The first-order chi connectivity index (χ1) is 21.5. The largest absolute Gasteiger partial charge is 0.312 e. The molecular formula is C36H46ClN5O2S. The third kappa shape index (κ3) is 7.50. The molecule has 0 atom stereocenters. The van der Waals surface area contributed by atoms with Crippen LogP contribution in [0.15, 0.2) is 36.4 Å². The second-order valence-corrected chi connectivity index (χ2v) is 16.4. The van der Waals surface area contributed by atoms with Gasteiger partial charge in [-0.05, 0) is 98.6 Å². The molecule has 240 valence electrons. The summed E-state index contributed by atoms with van der Waals surface area (Å²) in [5.74, 6) is 7.40. The highest BCUT2D eigenvalue weighted by atomic mass is 35.5. The molecule has 7 nitrogen and oxygen atoms in total. The van der Waals surface area contributed by atoms with E-state index in [9.17, 15) is 8.42 Å². The molecule has 0 aliphatic carbocycles. The zero-order valence-electron chi connectivity index (χ0n) is 27.1. The van der Waals surface area contributed by atoms with E-state index in [0.29, 0.717) is 29.9 Å². The summed E-state index contributed by atoms with van der Waals surface area (Å²) in [6.45, 7) is 14.0. The van der Waals surface area contributed by atoms with Crippen LogP contribution in [-0.2, 0) is 42.5 Å². The van der Waals surface area contributed by atoms with Gasteiger partial charge in [-0.3, -0.25) is 4.68 Å². The van der Waals surface area contributed by atoms with Gasteiger partial charge in [0.2, 0.25) is 10.0 Å². The van der Waals surface area contributed by atoms with Crippen LogP contribution in [0.3, 0.4) is 0 Å². The van der Waals surface area contributed by atoms with Crippen LogP contribution in [0.2, 0.25) is 5.02 Å². The van der Waals surface area contributed by atoms with Crippen LogP contribution >= 0.6 is 11.6 Å². The average Bonchev–Trinajstić information content (AvgIpc) is 3.38. The van der Waals surface area contributed by atoms with E-state index in [4.69, 9.17) is 16.7 Å². The number of benzene rings is 2. The molecule has 3 aliphatic rings. The van der Waals surface area contributed by atoms with Crippen molar-refractivity contribution in [1.29, 1.82) is 0 Å². The van der Waals surface area contributed by atoms with Crippen LogP contribution in [0.5, 0.6) is 0 Å². The highest BCUT2D eigenvalue weighted by molar-refractivity contribution is 7.88. The Morgan fingerprint density at radius 3 is 2.56 bits per heavy atom. The normalized spacial score (nSPS) is 18.2. The van der Waals surface area contributed by atoms with Crippen molar-refractivity contribution in [3.63, 3.8) is 0 Å². The summed E-state index contributed by atoms with van der Waals surface area (Å²) in [6, 6.07) is 12.3. The fraction of sp³-hybridized carbons (Fsp3) is 0.528. The van der Waals surface area contributed by atoms with Crippen molar-refractivity contribution in [2.24, 2.45) is 11.3 Å². The second kappa shape index (κ2) is 13.2. The lowest BCUT2D eigenvalue weighted by Crippen LogP contribution is -2.38. The van der Waals surface area contributed by atoms with Crippen LogP contribution in [0.4, 0.5) is 0 Å². The van der Waals surface area contributed by atoms with Crippen molar-refractivity contribution >= 4 is 21.6 Å². The number of piperidine rings is 1. The Kier molecular flexibility index (Phi) is 9.48. The maximum absolute atomic E-state index is 12.5. The lowest BCUT2D eigenvalue weighted by Gasteiger charge is -2.38. The van der Waals surface area contributed by atoms with E-state index in [1.807, 2.05) is 18.2 Å². The quantitative estimate of drug-likeness (QED) is 0.347. The van der Waals surface area contributed by atoms with Crippen molar-refractivity contribution < 1.29 is 8.42 Å². The summed E-state index contributed by atoms with van der Waals surface area (Å²) in [6.07, 6.45) is 6.52. The summed E-state index contributed by atoms with van der Waals surface area (Å²) in [5, 5.41) is 9.14. The van der Waals surface area contributed by atoms with Gasteiger partial charge in [-0.25, -0.2) is 8.42 Å². The predicted molar refractivity (Wildman–Crippen MR) is 183 cm³/mol. The number of likely N-dealkylation sites (tertiary alicyclic amines) is 1. The molecule has 3 aromatic rings. The van der Waals surface area contributed by atoms with E-state index in [2.05, 4.69) is 65.7 Å². The summed E-state index contributed by atoms with van der Waals surface area (Å²) in [5.41, 5.74) is 8.62. The third-order valence-electron chi connectivity index (χ3n) is 9.90. The first kappa shape index (κ1) is 32.3. The number of nitrogens with zero attached hydrogens (tertiary/aromatic N) is 4.